The molecule has 0 unspecified atom stereocenters. The Morgan fingerprint density at radius 3 is 3.00 bits per heavy atom. The minimum atomic E-state index is 0.172. The van der Waals surface area contributed by atoms with Gasteiger partial charge in [0.2, 0.25) is 5.90 Å². The molecular formula is C17H16N6O. The highest BCUT2D eigenvalue weighted by Crippen LogP contribution is 2.30. The second-order valence-electron chi connectivity index (χ2n) is 6.31. The summed E-state index contributed by atoms with van der Waals surface area (Å²) in [6.07, 6.45) is 4.32. The van der Waals surface area contributed by atoms with Crippen molar-refractivity contribution in [1.82, 2.24) is 24.5 Å². The third-order valence-corrected chi connectivity index (χ3v) is 4.46. The number of hydrogen-bond acceptors (Lipinski definition) is 5. The van der Waals surface area contributed by atoms with E-state index < -0.39 is 0 Å². The normalized spacial score (nSPS) is 18.2. The van der Waals surface area contributed by atoms with Crippen LogP contribution < -0.4 is 0 Å². The molecule has 2 aliphatic rings. The first-order valence-corrected chi connectivity index (χ1v) is 7.99. The van der Waals surface area contributed by atoms with Gasteiger partial charge in [-0.3, -0.25) is 4.57 Å². The van der Waals surface area contributed by atoms with Crippen molar-refractivity contribution >= 4 is 5.90 Å². The Balaban J connectivity index is 1.77. The maximum Gasteiger partial charge on any atom is 0.237 e. The molecule has 7 nitrogen and oxygen atoms in total. The van der Waals surface area contributed by atoms with E-state index in [1.165, 1.54) is 5.56 Å². The minimum Gasteiger partial charge on any atom is -0.474 e. The zero-order chi connectivity index (χ0) is 16.3. The fraction of sp³-hybridized carbons (Fsp3) is 0.294. The van der Waals surface area contributed by atoms with Crippen LogP contribution in [-0.4, -0.2) is 43.1 Å². The van der Waals surface area contributed by atoms with E-state index in [2.05, 4.69) is 50.0 Å². The van der Waals surface area contributed by atoms with Crippen molar-refractivity contribution in [2.75, 3.05) is 6.61 Å². The maximum atomic E-state index is 5.73. The summed E-state index contributed by atoms with van der Waals surface area (Å²) >= 11 is 0. The predicted molar refractivity (Wildman–Crippen MR) is 88.0 cm³/mol. The van der Waals surface area contributed by atoms with E-state index in [1.807, 2.05) is 17.9 Å². The lowest BCUT2D eigenvalue weighted by Crippen LogP contribution is -2.08. The Hall–Kier alpha value is -2.96. The molecule has 120 valence electrons. The summed E-state index contributed by atoms with van der Waals surface area (Å²) in [5.41, 5.74) is 6.10. The summed E-state index contributed by atoms with van der Waals surface area (Å²) < 4.78 is 9.74. The Bertz CT molecular complexity index is 983. The molecule has 0 aliphatic carbocycles. The molecule has 2 aromatic heterocycles. The largest absolute Gasteiger partial charge is 0.474 e. The summed E-state index contributed by atoms with van der Waals surface area (Å²) in [4.78, 5) is 9.16. The van der Waals surface area contributed by atoms with Gasteiger partial charge in [-0.15, -0.1) is 5.10 Å². The van der Waals surface area contributed by atoms with Gasteiger partial charge in [0, 0.05) is 6.42 Å². The fourth-order valence-electron chi connectivity index (χ4n) is 3.29. The van der Waals surface area contributed by atoms with Crippen molar-refractivity contribution in [2.45, 2.75) is 26.3 Å². The first-order valence-electron chi connectivity index (χ1n) is 7.99. The number of aryl methyl sites for hydroxylation is 1. The van der Waals surface area contributed by atoms with E-state index in [1.54, 1.807) is 6.20 Å². The summed E-state index contributed by atoms with van der Waals surface area (Å²) in [6.45, 7) is 4.72. The molecule has 0 fully saturated rings. The molecule has 0 bridgehead atoms. The molecule has 0 saturated carbocycles. The Morgan fingerprint density at radius 2 is 2.17 bits per heavy atom. The number of nitrogens with zero attached hydrogens (tertiary/aromatic N) is 6. The number of aliphatic imine (C=N–C) groups is 1. The van der Waals surface area contributed by atoms with Crippen LogP contribution in [0.1, 0.15) is 29.6 Å². The van der Waals surface area contributed by atoms with E-state index in [0.717, 1.165) is 28.5 Å². The Kier molecular flexibility index (Phi) is 2.68. The van der Waals surface area contributed by atoms with Gasteiger partial charge < -0.3 is 4.74 Å². The van der Waals surface area contributed by atoms with Crippen molar-refractivity contribution < 1.29 is 4.74 Å². The third-order valence-electron chi connectivity index (χ3n) is 4.46. The average molecular weight is 320 g/mol. The molecule has 0 spiro atoms. The summed E-state index contributed by atoms with van der Waals surface area (Å²) in [5.74, 6) is 0.630. The molecule has 24 heavy (non-hydrogen) atoms. The van der Waals surface area contributed by atoms with Crippen LogP contribution in [0.25, 0.3) is 11.4 Å². The highest BCUT2D eigenvalue weighted by atomic mass is 16.5. The number of ether oxygens (including phenoxy) is 1. The van der Waals surface area contributed by atoms with Gasteiger partial charge in [-0.2, -0.15) is 0 Å². The fourth-order valence-corrected chi connectivity index (χ4v) is 3.29. The standard InChI is InChI=1S/C17H16N6O/c1-10-3-4-13-14(5-10)23-12(7-19-21-23)6-15-16(18-9-22(13)15)17-20-11(2)8-24-17/h3-5,7,9,11H,6,8H2,1-2H3/t11-/m1/s1. The zero-order valence-electron chi connectivity index (χ0n) is 13.5. The van der Waals surface area contributed by atoms with Gasteiger partial charge >= 0.3 is 0 Å². The van der Waals surface area contributed by atoms with Crippen LogP contribution in [0.5, 0.6) is 0 Å². The lowest BCUT2D eigenvalue weighted by molar-refractivity contribution is 0.323. The molecule has 5 rings (SSSR count). The molecular weight excluding hydrogens is 304 g/mol. The molecule has 1 atom stereocenters. The van der Waals surface area contributed by atoms with Crippen molar-refractivity contribution in [2.24, 2.45) is 4.99 Å². The summed E-state index contributed by atoms with van der Waals surface area (Å²) in [7, 11) is 0. The van der Waals surface area contributed by atoms with E-state index >= 15 is 0 Å². The van der Waals surface area contributed by atoms with Crippen molar-refractivity contribution in [3.8, 4) is 11.4 Å². The van der Waals surface area contributed by atoms with Crippen LogP contribution in [-0.2, 0) is 11.2 Å². The van der Waals surface area contributed by atoms with Gasteiger partial charge in [-0.1, -0.05) is 11.3 Å². The zero-order valence-corrected chi connectivity index (χ0v) is 13.5. The monoisotopic (exact) mass is 320 g/mol. The van der Waals surface area contributed by atoms with Gasteiger partial charge in [0.05, 0.1) is 35.0 Å². The van der Waals surface area contributed by atoms with E-state index in [4.69, 9.17) is 4.74 Å². The Labute approximate surface area is 138 Å². The highest BCUT2D eigenvalue weighted by molar-refractivity contribution is 5.94. The van der Waals surface area contributed by atoms with Gasteiger partial charge in [0.25, 0.3) is 0 Å². The Morgan fingerprint density at radius 1 is 1.25 bits per heavy atom. The van der Waals surface area contributed by atoms with Crippen LogP contribution in [0.2, 0.25) is 0 Å². The second kappa shape index (κ2) is 4.77. The van der Waals surface area contributed by atoms with Crippen LogP contribution in [0.3, 0.4) is 0 Å². The summed E-state index contributed by atoms with van der Waals surface area (Å²) in [6, 6.07) is 6.48. The van der Waals surface area contributed by atoms with E-state index in [-0.39, 0.29) is 6.04 Å². The molecule has 0 amide bonds. The SMILES string of the molecule is Cc1ccc2c(c1)-n1nncc1Cc1c(C3=N[C@H](C)CO3)ncn1-2. The number of hydrogen-bond donors (Lipinski definition) is 0. The maximum absolute atomic E-state index is 5.73. The van der Waals surface area contributed by atoms with Crippen molar-refractivity contribution in [3.63, 3.8) is 0 Å². The molecule has 0 saturated heterocycles. The molecule has 1 aromatic carbocycles. The smallest absolute Gasteiger partial charge is 0.237 e. The van der Waals surface area contributed by atoms with Crippen molar-refractivity contribution in [3.05, 3.63) is 53.4 Å². The lowest BCUT2D eigenvalue weighted by atomic mass is 10.2. The molecule has 0 N–H and O–H groups in total. The number of rotatable bonds is 1. The molecule has 4 heterocycles. The van der Waals surface area contributed by atoms with Gasteiger partial charge in [-0.25, -0.2) is 14.7 Å². The van der Waals surface area contributed by atoms with Crippen molar-refractivity contribution in [1.29, 1.82) is 0 Å². The number of benzene rings is 1. The highest BCUT2D eigenvalue weighted by Gasteiger charge is 2.28. The van der Waals surface area contributed by atoms with E-state index in [0.29, 0.717) is 18.9 Å². The molecule has 0 radical (unpaired) electrons. The van der Waals surface area contributed by atoms with Crippen LogP contribution in [0, 0.1) is 6.92 Å². The van der Waals surface area contributed by atoms with Crippen LogP contribution >= 0.6 is 0 Å². The molecule has 3 aromatic rings. The topological polar surface area (TPSA) is 70.1 Å². The number of imidazole rings is 1. The van der Waals surface area contributed by atoms with Gasteiger partial charge in [-0.05, 0) is 31.5 Å². The van der Waals surface area contributed by atoms with E-state index in [9.17, 15) is 0 Å². The number of fused-ring (bicyclic) bond motifs is 5. The lowest BCUT2D eigenvalue weighted by Gasteiger charge is -2.10. The quantitative estimate of drug-likeness (QED) is 0.536. The third kappa shape index (κ3) is 1.84. The summed E-state index contributed by atoms with van der Waals surface area (Å²) in [5, 5.41) is 8.36. The second-order valence-corrected chi connectivity index (χ2v) is 6.31. The number of aromatic nitrogens is 5. The first kappa shape index (κ1) is 13.5. The molecule has 7 heteroatoms. The molecule has 2 aliphatic heterocycles. The van der Waals surface area contributed by atoms with Gasteiger partial charge in [0.1, 0.15) is 18.6 Å². The van der Waals surface area contributed by atoms with Gasteiger partial charge in [0.15, 0.2) is 0 Å². The first-order chi connectivity index (χ1) is 11.7. The van der Waals surface area contributed by atoms with Crippen LogP contribution in [0.4, 0.5) is 0 Å². The average Bonchev–Trinajstić information content (AvgIpc) is 3.27. The predicted octanol–water partition coefficient (Wildman–Crippen LogP) is 1.83. The minimum absolute atomic E-state index is 0.172. The van der Waals surface area contributed by atoms with Crippen LogP contribution in [0.15, 0.2) is 35.7 Å².